The second-order valence-electron chi connectivity index (χ2n) is 2.99. The van der Waals surface area contributed by atoms with Gasteiger partial charge in [0.15, 0.2) is 0 Å². The molecule has 1 aromatic heterocycles. The predicted octanol–water partition coefficient (Wildman–Crippen LogP) is 1.68. The van der Waals surface area contributed by atoms with Crippen LogP contribution in [-0.4, -0.2) is 26.8 Å². The smallest absolute Gasteiger partial charge is 0.371 e. The van der Waals surface area contributed by atoms with Crippen LogP contribution in [0.25, 0.3) is 0 Å². The summed E-state index contributed by atoms with van der Waals surface area (Å²) in [6.45, 7) is 0. The van der Waals surface area contributed by atoms with Crippen LogP contribution in [0, 0.1) is 0 Å². The molecule has 0 amide bonds. The molecule has 1 aliphatic rings. The Morgan fingerprint density at radius 3 is 3.15 bits per heavy atom. The van der Waals surface area contributed by atoms with Gasteiger partial charge in [-0.1, -0.05) is 0 Å². The second-order valence-corrected chi connectivity index (χ2v) is 4.30. The molecule has 0 aliphatic carbocycles. The number of aromatic amines is 1. The normalized spacial score (nSPS) is 22.0. The Labute approximate surface area is 79.8 Å². The number of hydrogen-bond donors (Lipinski definition) is 2. The Morgan fingerprint density at radius 1 is 1.77 bits per heavy atom. The minimum Gasteiger partial charge on any atom is -0.475 e. The number of nitrogens with zero attached hydrogens (tertiary/aromatic N) is 1. The zero-order valence-electron chi connectivity index (χ0n) is 6.99. The number of H-pyrrole nitrogens is 1. The molecular formula is C8H10N2O2S. The minimum absolute atomic E-state index is 0.0440. The fourth-order valence-electron chi connectivity index (χ4n) is 1.43. The molecular weight excluding hydrogens is 188 g/mol. The SMILES string of the molecule is O=C(O)c1ncc(C2CCCS2)[nH]1. The average Bonchev–Trinajstić information content (AvgIpc) is 2.75. The first-order valence-electron chi connectivity index (χ1n) is 4.17. The van der Waals surface area contributed by atoms with Crippen LogP contribution < -0.4 is 0 Å². The fraction of sp³-hybridized carbons (Fsp3) is 0.500. The van der Waals surface area contributed by atoms with E-state index >= 15 is 0 Å². The molecule has 1 fully saturated rings. The lowest BCUT2D eigenvalue weighted by Gasteiger charge is -2.02. The standard InChI is InChI=1S/C8H10N2O2S/c11-8(12)7-9-4-5(10-7)6-2-1-3-13-6/h4,6H,1-3H2,(H,9,10)(H,11,12). The zero-order chi connectivity index (χ0) is 9.26. The maximum atomic E-state index is 10.5. The summed E-state index contributed by atoms with van der Waals surface area (Å²) >= 11 is 1.86. The number of aromatic carboxylic acids is 1. The summed E-state index contributed by atoms with van der Waals surface area (Å²) in [6, 6.07) is 0. The summed E-state index contributed by atoms with van der Waals surface area (Å²) in [5, 5.41) is 9.06. The van der Waals surface area contributed by atoms with Crippen molar-refractivity contribution in [2.75, 3.05) is 5.75 Å². The third-order valence-corrected chi connectivity index (χ3v) is 3.49. The van der Waals surface area contributed by atoms with Crippen molar-refractivity contribution >= 4 is 17.7 Å². The molecule has 1 unspecified atom stereocenters. The number of rotatable bonds is 2. The molecule has 1 saturated heterocycles. The van der Waals surface area contributed by atoms with Crippen LogP contribution in [0.15, 0.2) is 6.20 Å². The molecule has 5 heteroatoms. The molecule has 4 nitrogen and oxygen atoms in total. The highest BCUT2D eigenvalue weighted by atomic mass is 32.2. The minimum atomic E-state index is -0.991. The summed E-state index contributed by atoms with van der Waals surface area (Å²) in [5.41, 5.74) is 0.944. The number of carboxylic acid groups (broad SMARTS) is 1. The van der Waals surface area contributed by atoms with Crippen molar-refractivity contribution < 1.29 is 9.90 Å². The van der Waals surface area contributed by atoms with Crippen LogP contribution in [0.5, 0.6) is 0 Å². The number of carbonyl (C=O) groups is 1. The van der Waals surface area contributed by atoms with Crippen molar-refractivity contribution in [2.45, 2.75) is 18.1 Å². The van der Waals surface area contributed by atoms with E-state index in [9.17, 15) is 4.79 Å². The summed E-state index contributed by atoms with van der Waals surface area (Å²) in [4.78, 5) is 17.1. The molecule has 0 aromatic carbocycles. The molecule has 0 spiro atoms. The molecule has 13 heavy (non-hydrogen) atoms. The van der Waals surface area contributed by atoms with Crippen molar-refractivity contribution in [3.8, 4) is 0 Å². The van der Waals surface area contributed by atoms with Gasteiger partial charge in [0.1, 0.15) is 0 Å². The van der Waals surface area contributed by atoms with Gasteiger partial charge in [-0.2, -0.15) is 11.8 Å². The predicted molar refractivity (Wildman–Crippen MR) is 50.0 cm³/mol. The summed E-state index contributed by atoms with van der Waals surface area (Å²) in [6.07, 6.45) is 3.95. The van der Waals surface area contributed by atoms with E-state index in [1.807, 2.05) is 11.8 Å². The summed E-state index contributed by atoms with van der Waals surface area (Å²) in [5.74, 6) is 0.211. The van der Waals surface area contributed by atoms with Gasteiger partial charge in [0.25, 0.3) is 0 Å². The van der Waals surface area contributed by atoms with Crippen LogP contribution in [0.3, 0.4) is 0 Å². The first-order chi connectivity index (χ1) is 6.27. The van der Waals surface area contributed by atoms with E-state index in [1.54, 1.807) is 6.20 Å². The first kappa shape index (κ1) is 8.62. The lowest BCUT2D eigenvalue weighted by atomic mass is 10.2. The van der Waals surface area contributed by atoms with Crippen LogP contribution >= 0.6 is 11.8 Å². The van der Waals surface area contributed by atoms with Crippen LogP contribution in [0.1, 0.15) is 34.4 Å². The van der Waals surface area contributed by atoms with Crippen molar-refractivity contribution in [3.63, 3.8) is 0 Å². The third-order valence-electron chi connectivity index (χ3n) is 2.07. The summed E-state index contributed by atoms with van der Waals surface area (Å²) in [7, 11) is 0. The lowest BCUT2D eigenvalue weighted by Crippen LogP contribution is -1.99. The number of imidazole rings is 1. The molecule has 2 heterocycles. The zero-order valence-corrected chi connectivity index (χ0v) is 7.80. The van der Waals surface area contributed by atoms with E-state index in [0.29, 0.717) is 5.25 Å². The van der Waals surface area contributed by atoms with Gasteiger partial charge in [0.05, 0.1) is 6.20 Å². The van der Waals surface area contributed by atoms with E-state index in [2.05, 4.69) is 9.97 Å². The van der Waals surface area contributed by atoms with Crippen molar-refractivity contribution in [2.24, 2.45) is 0 Å². The van der Waals surface area contributed by atoms with Gasteiger partial charge >= 0.3 is 5.97 Å². The van der Waals surface area contributed by atoms with Gasteiger partial charge in [-0.3, -0.25) is 0 Å². The van der Waals surface area contributed by atoms with Gasteiger partial charge in [0.2, 0.25) is 5.82 Å². The molecule has 0 radical (unpaired) electrons. The highest BCUT2D eigenvalue weighted by Crippen LogP contribution is 2.38. The van der Waals surface area contributed by atoms with Crippen LogP contribution in [-0.2, 0) is 0 Å². The average molecular weight is 198 g/mol. The third kappa shape index (κ3) is 1.70. The second kappa shape index (κ2) is 3.41. The maximum Gasteiger partial charge on any atom is 0.371 e. The highest BCUT2D eigenvalue weighted by Gasteiger charge is 2.20. The molecule has 1 aromatic rings. The van der Waals surface area contributed by atoms with Crippen molar-refractivity contribution in [1.82, 2.24) is 9.97 Å². The van der Waals surface area contributed by atoms with Gasteiger partial charge in [-0.25, -0.2) is 9.78 Å². The molecule has 0 saturated carbocycles. The Hall–Kier alpha value is -0.970. The number of aromatic nitrogens is 2. The number of carboxylic acids is 1. The van der Waals surface area contributed by atoms with Gasteiger partial charge in [0, 0.05) is 10.9 Å². The van der Waals surface area contributed by atoms with Crippen LogP contribution in [0.2, 0.25) is 0 Å². The van der Waals surface area contributed by atoms with E-state index in [1.165, 1.54) is 6.42 Å². The molecule has 0 bridgehead atoms. The molecule has 1 atom stereocenters. The topological polar surface area (TPSA) is 66.0 Å². The highest BCUT2D eigenvalue weighted by molar-refractivity contribution is 7.99. The molecule has 2 rings (SSSR count). The Balaban J connectivity index is 2.16. The largest absolute Gasteiger partial charge is 0.475 e. The Morgan fingerprint density at radius 2 is 2.62 bits per heavy atom. The molecule has 1 aliphatic heterocycles. The lowest BCUT2D eigenvalue weighted by molar-refractivity contribution is 0.0684. The molecule has 70 valence electrons. The first-order valence-corrected chi connectivity index (χ1v) is 5.22. The Kier molecular flexibility index (Phi) is 2.26. The van der Waals surface area contributed by atoms with Crippen molar-refractivity contribution in [3.05, 3.63) is 17.7 Å². The van der Waals surface area contributed by atoms with Gasteiger partial charge in [-0.05, 0) is 18.6 Å². The van der Waals surface area contributed by atoms with E-state index in [-0.39, 0.29) is 5.82 Å². The summed E-state index contributed by atoms with van der Waals surface area (Å²) < 4.78 is 0. The number of hydrogen-bond acceptors (Lipinski definition) is 3. The maximum absolute atomic E-state index is 10.5. The molecule has 2 N–H and O–H groups in total. The monoisotopic (exact) mass is 198 g/mol. The fourth-order valence-corrected chi connectivity index (χ4v) is 2.68. The van der Waals surface area contributed by atoms with Crippen LogP contribution in [0.4, 0.5) is 0 Å². The quantitative estimate of drug-likeness (QED) is 0.758. The van der Waals surface area contributed by atoms with Gasteiger partial charge < -0.3 is 10.1 Å². The van der Waals surface area contributed by atoms with E-state index in [0.717, 1.165) is 17.9 Å². The van der Waals surface area contributed by atoms with Crippen molar-refractivity contribution in [1.29, 1.82) is 0 Å². The Bertz CT molecular complexity index is 318. The number of nitrogens with one attached hydrogen (secondary N) is 1. The number of thioether (sulfide) groups is 1. The van der Waals surface area contributed by atoms with Gasteiger partial charge in [-0.15, -0.1) is 0 Å². The van der Waals surface area contributed by atoms with E-state index < -0.39 is 5.97 Å². The van der Waals surface area contributed by atoms with E-state index in [4.69, 9.17) is 5.11 Å².